The van der Waals surface area contributed by atoms with Crippen molar-refractivity contribution in [2.75, 3.05) is 6.54 Å². The van der Waals surface area contributed by atoms with Gasteiger partial charge in [0, 0.05) is 23.6 Å². The van der Waals surface area contributed by atoms with Crippen LogP contribution in [0.5, 0.6) is 0 Å². The van der Waals surface area contributed by atoms with Gasteiger partial charge in [-0.1, -0.05) is 19.1 Å². The summed E-state index contributed by atoms with van der Waals surface area (Å²) < 4.78 is 2.38. The molecule has 2 heteroatoms. The highest BCUT2D eigenvalue weighted by molar-refractivity contribution is 5.84. The summed E-state index contributed by atoms with van der Waals surface area (Å²) in [6.45, 7) is 6.25. The highest BCUT2D eigenvalue weighted by Gasteiger charge is 2.07. The lowest BCUT2D eigenvalue weighted by Gasteiger charge is -2.02. The number of aromatic nitrogens is 1. The van der Waals surface area contributed by atoms with Crippen LogP contribution in [0.1, 0.15) is 30.9 Å². The fourth-order valence-corrected chi connectivity index (χ4v) is 2.40. The summed E-state index contributed by atoms with van der Waals surface area (Å²) in [5.41, 5.74) is 9.75. The number of hydrogen-bond donors (Lipinski definition) is 1. The third kappa shape index (κ3) is 2.52. The number of aryl methyl sites for hydroxylation is 3. The molecule has 0 saturated heterocycles. The van der Waals surface area contributed by atoms with Gasteiger partial charge < -0.3 is 10.3 Å². The molecule has 0 aliphatic carbocycles. The third-order valence-electron chi connectivity index (χ3n) is 3.24. The summed E-state index contributed by atoms with van der Waals surface area (Å²) in [7, 11) is 0. The summed E-state index contributed by atoms with van der Waals surface area (Å²) >= 11 is 0. The Morgan fingerprint density at radius 3 is 2.82 bits per heavy atom. The van der Waals surface area contributed by atoms with E-state index in [2.05, 4.69) is 42.8 Å². The molecule has 2 nitrogen and oxygen atoms in total. The van der Waals surface area contributed by atoms with Gasteiger partial charge in [-0.15, -0.1) is 0 Å². The lowest BCUT2D eigenvalue weighted by molar-refractivity contribution is 0.699. The summed E-state index contributed by atoms with van der Waals surface area (Å²) in [6, 6.07) is 6.74. The molecule has 1 heterocycles. The Bertz CT molecular complexity index is 497. The van der Waals surface area contributed by atoms with Gasteiger partial charge in [-0.3, -0.25) is 0 Å². The van der Waals surface area contributed by atoms with Crippen molar-refractivity contribution in [3.63, 3.8) is 0 Å². The average Bonchev–Trinajstić information content (AvgIpc) is 2.65. The molecule has 0 saturated carbocycles. The maximum atomic E-state index is 5.60. The maximum absolute atomic E-state index is 5.60. The molecule has 0 bridgehead atoms. The van der Waals surface area contributed by atoms with Crippen molar-refractivity contribution < 1.29 is 0 Å². The molecule has 0 unspecified atom stereocenters. The second-order valence-electron chi connectivity index (χ2n) is 4.76. The quantitative estimate of drug-likeness (QED) is 0.840. The Labute approximate surface area is 103 Å². The van der Waals surface area contributed by atoms with Gasteiger partial charge in [-0.05, 0) is 49.9 Å². The minimum absolute atomic E-state index is 0.770. The SMILES string of the molecule is CCCn1cc(CCCN)c2ccc(C)cc21. The zero-order chi connectivity index (χ0) is 12.3. The topological polar surface area (TPSA) is 30.9 Å². The van der Waals surface area contributed by atoms with Crippen LogP contribution in [0.3, 0.4) is 0 Å². The molecule has 0 fully saturated rings. The number of fused-ring (bicyclic) bond motifs is 1. The predicted molar refractivity (Wildman–Crippen MR) is 74.3 cm³/mol. The Hall–Kier alpha value is -1.28. The Morgan fingerprint density at radius 1 is 1.29 bits per heavy atom. The molecule has 0 spiro atoms. The molecular weight excluding hydrogens is 208 g/mol. The first-order chi connectivity index (χ1) is 8.26. The fraction of sp³-hybridized carbons (Fsp3) is 0.467. The first-order valence-electron chi connectivity index (χ1n) is 6.54. The van der Waals surface area contributed by atoms with Crippen molar-refractivity contribution in [1.29, 1.82) is 0 Å². The standard InChI is InChI=1S/C15H22N2/c1-3-9-17-11-13(5-4-8-16)14-7-6-12(2)10-15(14)17/h6-7,10-11H,3-5,8-9,16H2,1-2H3. The highest BCUT2D eigenvalue weighted by Crippen LogP contribution is 2.24. The monoisotopic (exact) mass is 230 g/mol. The van der Waals surface area contributed by atoms with Gasteiger partial charge in [0.2, 0.25) is 0 Å². The van der Waals surface area contributed by atoms with Crippen LogP contribution >= 0.6 is 0 Å². The molecule has 1 aromatic heterocycles. The van der Waals surface area contributed by atoms with Crippen LogP contribution in [0.4, 0.5) is 0 Å². The first kappa shape index (κ1) is 12.2. The van der Waals surface area contributed by atoms with Crippen molar-refractivity contribution in [2.45, 2.75) is 39.7 Å². The Balaban J connectivity index is 2.46. The number of rotatable bonds is 5. The van der Waals surface area contributed by atoms with Crippen LogP contribution in [0, 0.1) is 6.92 Å². The van der Waals surface area contributed by atoms with E-state index in [0.717, 1.165) is 25.9 Å². The molecule has 0 radical (unpaired) electrons. The first-order valence-corrected chi connectivity index (χ1v) is 6.54. The van der Waals surface area contributed by atoms with E-state index in [4.69, 9.17) is 5.73 Å². The van der Waals surface area contributed by atoms with Gasteiger partial charge in [0.05, 0.1) is 0 Å². The second-order valence-corrected chi connectivity index (χ2v) is 4.76. The third-order valence-corrected chi connectivity index (χ3v) is 3.24. The van der Waals surface area contributed by atoms with Crippen molar-refractivity contribution in [1.82, 2.24) is 4.57 Å². The van der Waals surface area contributed by atoms with Crippen LogP contribution in [0.25, 0.3) is 10.9 Å². The van der Waals surface area contributed by atoms with E-state index in [-0.39, 0.29) is 0 Å². The summed E-state index contributed by atoms with van der Waals surface area (Å²) in [5, 5.41) is 1.40. The lowest BCUT2D eigenvalue weighted by Crippen LogP contribution is -2.00. The van der Waals surface area contributed by atoms with Gasteiger partial charge in [0.1, 0.15) is 0 Å². The van der Waals surface area contributed by atoms with E-state index >= 15 is 0 Å². The lowest BCUT2D eigenvalue weighted by atomic mass is 10.1. The number of nitrogens with two attached hydrogens (primary N) is 1. The molecule has 0 atom stereocenters. The van der Waals surface area contributed by atoms with Crippen molar-refractivity contribution in [3.05, 3.63) is 35.5 Å². The molecular formula is C15H22N2. The molecule has 17 heavy (non-hydrogen) atoms. The fourth-order valence-electron chi connectivity index (χ4n) is 2.40. The molecule has 2 rings (SSSR count). The van der Waals surface area contributed by atoms with Gasteiger partial charge >= 0.3 is 0 Å². The Kier molecular flexibility index (Phi) is 3.85. The van der Waals surface area contributed by atoms with E-state index in [9.17, 15) is 0 Å². The molecule has 92 valence electrons. The van der Waals surface area contributed by atoms with Crippen molar-refractivity contribution in [2.24, 2.45) is 5.73 Å². The molecule has 0 aliphatic heterocycles. The zero-order valence-electron chi connectivity index (χ0n) is 10.9. The minimum atomic E-state index is 0.770. The van der Waals surface area contributed by atoms with Crippen molar-refractivity contribution >= 4 is 10.9 Å². The molecule has 1 aromatic carbocycles. The molecule has 2 aromatic rings. The van der Waals surface area contributed by atoms with Crippen LogP contribution in [-0.4, -0.2) is 11.1 Å². The molecule has 0 amide bonds. The van der Waals surface area contributed by atoms with Gasteiger partial charge in [-0.25, -0.2) is 0 Å². The smallest absolute Gasteiger partial charge is 0.0485 e. The van der Waals surface area contributed by atoms with Gasteiger partial charge in [0.15, 0.2) is 0 Å². The van der Waals surface area contributed by atoms with Crippen LogP contribution in [0.15, 0.2) is 24.4 Å². The second kappa shape index (κ2) is 5.37. The van der Waals surface area contributed by atoms with E-state index in [1.807, 2.05) is 0 Å². The predicted octanol–water partition coefficient (Wildman–Crippen LogP) is 3.25. The molecule has 0 aliphatic rings. The summed E-state index contributed by atoms with van der Waals surface area (Å²) in [4.78, 5) is 0. The van der Waals surface area contributed by atoms with Crippen LogP contribution in [0.2, 0.25) is 0 Å². The van der Waals surface area contributed by atoms with Crippen LogP contribution < -0.4 is 5.73 Å². The molecule has 2 N–H and O–H groups in total. The number of hydrogen-bond acceptors (Lipinski definition) is 1. The van der Waals surface area contributed by atoms with E-state index < -0.39 is 0 Å². The van der Waals surface area contributed by atoms with Crippen molar-refractivity contribution in [3.8, 4) is 0 Å². The van der Waals surface area contributed by atoms with E-state index in [0.29, 0.717) is 0 Å². The van der Waals surface area contributed by atoms with Gasteiger partial charge in [-0.2, -0.15) is 0 Å². The zero-order valence-corrected chi connectivity index (χ0v) is 10.9. The minimum Gasteiger partial charge on any atom is -0.347 e. The van der Waals surface area contributed by atoms with E-state index in [1.165, 1.54) is 28.5 Å². The number of benzene rings is 1. The Morgan fingerprint density at radius 2 is 2.12 bits per heavy atom. The largest absolute Gasteiger partial charge is 0.347 e. The van der Waals surface area contributed by atoms with Gasteiger partial charge in [0.25, 0.3) is 0 Å². The summed E-state index contributed by atoms with van der Waals surface area (Å²) in [6.07, 6.45) is 5.64. The average molecular weight is 230 g/mol. The summed E-state index contributed by atoms with van der Waals surface area (Å²) in [5.74, 6) is 0. The van der Waals surface area contributed by atoms with E-state index in [1.54, 1.807) is 0 Å². The maximum Gasteiger partial charge on any atom is 0.0485 e. The normalized spacial score (nSPS) is 11.2. The number of nitrogens with zero attached hydrogens (tertiary/aromatic N) is 1. The van der Waals surface area contributed by atoms with Crippen LogP contribution in [-0.2, 0) is 13.0 Å². The highest BCUT2D eigenvalue weighted by atomic mass is 15.0.